The SMILES string of the molecule is COC(C)(C)C1=C2C=C3N=C(C=C4CC(=CC5=NC(=CC(=C1C)C2)C(C)=C5C)C(C)=C4C)C(C)=C3C. The molecule has 5 rings (SSSR count). The zero-order valence-electron chi connectivity index (χ0n) is 23.5. The molecular weight excluding hydrogens is 440 g/mol. The van der Waals surface area contributed by atoms with Crippen molar-refractivity contribution in [3.8, 4) is 0 Å². The van der Waals surface area contributed by atoms with Crippen LogP contribution in [0, 0.1) is 0 Å². The Morgan fingerprint density at radius 2 is 1.06 bits per heavy atom. The van der Waals surface area contributed by atoms with E-state index in [1.165, 1.54) is 66.9 Å². The zero-order chi connectivity index (χ0) is 26.1. The van der Waals surface area contributed by atoms with Crippen LogP contribution in [0.3, 0.4) is 0 Å². The van der Waals surface area contributed by atoms with Crippen LogP contribution >= 0.6 is 0 Å². The molecule has 36 heavy (non-hydrogen) atoms. The lowest BCUT2D eigenvalue weighted by Crippen LogP contribution is -2.26. The van der Waals surface area contributed by atoms with E-state index in [1.807, 2.05) is 0 Å². The summed E-state index contributed by atoms with van der Waals surface area (Å²) in [6.45, 7) is 19.8. The minimum Gasteiger partial charge on any atom is -0.374 e. The predicted octanol–water partition coefficient (Wildman–Crippen LogP) is 8.38. The average molecular weight is 479 g/mol. The summed E-state index contributed by atoms with van der Waals surface area (Å²) in [5, 5.41) is 0. The van der Waals surface area contributed by atoms with Gasteiger partial charge in [0.15, 0.2) is 0 Å². The second-order valence-electron chi connectivity index (χ2n) is 11.3. The molecule has 0 aromatic rings. The smallest absolute Gasteiger partial charge is 0.0876 e. The Morgan fingerprint density at radius 3 is 1.53 bits per heavy atom. The third kappa shape index (κ3) is 3.76. The summed E-state index contributed by atoms with van der Waals surface area (Å²) in [6, 6.07) is 0. The molecule has 0 aromatic carbocycles. The van der Waals surface area contributed by atoms with Crippen LogP contribution in [0.15, 0.2) is 113 Å². The molecule has 0 amide bonds. The maximum absolute atomic E-state index is 6.00. The summed E-state index contributed by atoms with van der Waals surface area (Å²) in [6.07, 6.45) is 11.0. The van der Waals surface area contributed by atoms with Gasteiger partial charge < -0.3 is 4.74 Å². The van der Waals surface area contributed by atoms with E-state index in [-0.39, 0.29) is 0 Å². The lowest BCUT2D eigenvalue weighted by atomic mass is 9.90. The molecule has 0 spiro atoms. The van der Waals surface area contributed by atoms with E-state index in [9.17, 15) is 0 Å². The van der Waals surface area contributed by atoms with Crippen molar-refractivity contribution in [1.82, 2.24) is 0 Å². The maximum atomic E-state index is 6.00. The first-order chi connectivity index (χ1) is 16.9. The van der Waals surface area contributed by atoms with Crippen LogP contribution in [0.5, 0.6) is 0 Å². The molecule has 0 saturated heterocycles. The van der Waals surface area contributed by atoms with E-state index in [4.69, 9.17) is 14.7 Å². The molecule has 3 heterocycles. The molecular formula is C33H38N2O. The van der Waals surface area contributed by atoms with Gasteiger partial charge in [-0.2, -0.15) is 0 Å². The van der Waals surface area contributed by atoms with Gasteiger partial charge in [-0.1, -0.05) is 0 Å². The van der Waals surface area contributed by atoms with Crippen molar-refractivity contribution in [2.75, 3.05) is 7.11 Å². The van der Waals surface area contributed by atoms with Gasteiger partial charge in [0.1, 0.15) is 0 Å². The van der Waals surface area contributed by atoms with Gasteiger partial charge in [-0.15, -0.1) is 0 Å². The Balaban J connectivity index is 1.79. The average Bonchev–Trinajstić information content (AvgIpc) is 3.47. The van der Waals surface area contributed by atoms with Gasteiger partial charge in [0, 0.05) is 7.11 Å². The molecule has 0 radical (unpaired) electrons. The van der Waals surface area contributed by atoms with E-state index < -0.39 is 5.60 Å². The van der Waals surface area contributed by atoms with E-state index in [2.05, 4.69) is 86.6 Å². The van der Waals surface area contributed by atoms with Crippen molar-refractivity contribution in [1.29, 1.82) is 0 Å². The molecule has 5 aliphatic rings. The van der Waals surface area contributed by atoms with Gasteiger partial charge in [0.05, 0.1) is 28.4 Å². The van der Waals surface area contributed by atoms with Crippen LogP contribution in [0.25, 0.3) is 0 Å². The van der Waals surface area contributed by atoms with Crippen LogP contribution in [-0.2, 0) is 4.74 Å². The summed E-state index contributed by atoms with van der Waals surface area (Å²) in [4.78, 5) is 10.3. The highest BCUT2D eigenvalue weighted by Gasteiger charge is 2.33. The van der Waals surface area contributed by atoms with E-state index in [1.54, 1.807) is 7.11 Å². The van der Waals surface area contributed by atoms with Crippen LogP contribution in [0.1, 0.15) is 75.2 Å². The summed E-state index contributed by atoms with van der Waals surface area (Å²) < 4.78 is 6.00. The number of methoxy groups -OCH3 is 1. The molecule has 3 heteroatoms. The van der Waals surface area contributed by atoms with Gasteiger partial charge in [-0.25, -0.2) is 9.98 Å². The summed E-state index contributed by atoms with van der Waals surface area (Å²) in [7, 11) is 1.80. The first-order valence-corrected chi connectivity index (χ1v) is 13.0. The van der Waals surface area contributed by atoms with Crippen molar-refractivity contribution in [3.63, 3.8) is 0 Å². The zero-order valence-corrected chi connectivity index (χ0v) is 23.5. The van der Waals surface area contributed by atoms with Crippen LogP contribution in [-0.4, -0.2) is 24.1 Å². The minimum absolute atomic E-state index is 0.395. The molecule has 3 aliphatic heterocycles. The van der Waals surface area contributed by atoms with Gasteiger partial charge in [0.2, 0.25) is 0 Å². The highest BCUT2D eigenvalue weighted by molar-refractivity contribution is 6.14. The molecule has 0 unspecified atom stereocenters. The Bertz CT molecular complexity index is 1460. The lowest BCUT2D eigenvalue weighted by molar-refractivity contribution is 0.0566. The number of hydrogen-bond acceptors (Lipinski definition) is 3. The number of fused-ring (bicyclic) bond motifs is 6. The molecule has 0 atom stereocenters. The Morgan fingerprint density at radius 1 is 0.583 bits per heavy atom. The van der Waals surface area contributed by atoms with Crippen molar-refractivity contribution in [2.24, 2.45) is 9.98 Å². The highest BCUT2D eigenvalue weighted by atomic mass is 16.5. The first-order valence-electron chi connectivity index (χ1n) is 13.0. The van der Waals surface area contributed by atoms with Gasteiger partial charge >= 0.3 is 0 Å². The van der Waals surface area contributed by atoms with Crippen LogP contribution in [0.4, 0.5) is 0 Å². The molecule has 8 bridgehead atoms. The molecule has 3 nitrogen and oxygen atoms in total. The van der Waals surface area contributed by atoms with Gasteiger partial charge in [0.25, 0.3) is 0 Å². The molecule has 0 N–H and O–H groups in total. The molecule has 0 aromatic heterocycles. The fraction of sp³-hybridized carbons (Fsp3) is 0.394. The largest absolute Gasteiger partial charge is 0.374 e. The Kier molecular flexibility index (Phi) is 5.83. The van der Waals surface area contributed by atoms with Crippen molar-refractivity contribution in [2.45, 2.75) is 80.8 Å². The fourth-order valence-corrected chi connectivity index (χ4v) is 5.91. The number of hydrogen-bond donors (Lipinski definition) is 0. The topological polar surface area (TPSA) is 34.0 Å². The van der Waals surface area contributed by atoms with E-state index >= 15 is 0 Å². The van der Waals surface area contributed by atoms with E-state index in [0.717, 1.165) is 35.7 Å². The van der Waals surface area contributed by atoms with Gasteiger partial charge in [-0.05, 0) is 166 Å². The third-order valence-electron chi connectivity index (χ3n) is 8.97. The first kappa shape index (κ1) is 24.6. The monoisotopic (exact) mass is 478 g/mol. The quantitative estimate of drug-likeness (QED) is 0.392. The minimum atomic E-state index is -0.395. The molecule has 2 aliphatic carbocycles. The molecule has 0 fully saturated rings. The summed E-state index contributed by atoms with van der Waals surface area (Å²) >= 11 is 0. The fourth-order valence-electron chi connectivity index (χ4n) is 5.91. The summed E-state index contributed by atoms with van der Waals surface area (Å²) in [5.74, 6) is 0. The normalized spacial score (nSPS) is 22.5. The Labute approximate surface area is 216 Å². The molecule has 0 saturated carbocycles. The highest BCUT2D eigenvalue weighted by Crippen LogP contribution is 2.44. The second kappa shape index (κ2) is 8.52. The number of aliphatic imine (C=N–C) groups is 2. The van der Waals surface area contributed by atoms with Gasteiger partial charge in [-0.3, -0.25) is 0 Å². The molecule has 186 valence electrons. The third-order valence-corrected chi connectivity index (χ3v) is 8.97. The maximum Gasteiger partial charge on any atom is 0.0876 e. The van der Waals surface area contributed by atoms with E-state index in [0.29, 0.717) is 0 Å². The van der Waals surface area contributed by atoms with Crippen molar-refractivity contribution in [3.05, 3.63) is 103 Å². The standard InChI is InChI=1S/C33H38N2O/c1-17-18(2)25-11-24(17)13-28-19(3)20(4)30(34-28)15-26-12-27(32(23(26)7)33(8,9)36-10)16-31-22(6)21(5)29(14-25)35-31/h13-16H,11-12H2,1-10H3. The second-order valence-corrected chi connectivity index (χ2v) is 11.3. The van der Waals surface area contributed by atoms with Crippen molar-refractivity contribution >= 4 is 11.4 Å². The number of allylic oxidation sites excluding steroid dienone is 14. The lowest BCUT2D eigenvalue weighted by Gasteiger charge is -2.27. The van der Waals surface area contributed by atoms with Crippen LogP contribution in [0.2, 0.25) is 0 Å². The van der Waals surface area contributed by atoms with Crippen LogP contribution < -0.4 is 0 Å². The number of nitrogens with zero attached hydrogens (tertiary/aromatic N) is 2. The number of ether oxygens (including phenoxy) is 1. The van der Waals surface area contributed by atoms with Crippen molar-refractivity contribution < 1.29 is 4.74 Å². The number of rotatable bonds is 2. The summed E-state index contributed by atoms with van der Waals surface area (Å²) in [5.41, 5.74) is 19.5. The Hall–Kier alpha value is -3.04. The predicted molar refractivity (Wildman–Crippen MR) is 152 cm³/mol.